The summed E-state index contributed by atoms with van der Waals surface area (Å²) in [5.74, 6) is 1.16. The molecule has 1 N–H and O–H groups in total. The van der Waals surface area contributed by atoms with Gasteiger partial charge in [-0.1, -0.05) is 30.3 Å². The summed E-state index contributed by atoms with van der Waals surface area (Å²) in [6.45, 7) is 2.05. The number of imidazole rings is 1. The first-order valence-corrected chi connectivity index (χ1v) is 10.2. The van der Waals surface area contributed by atoms with E-state index in [0.717, 1.165) is 16.9 Å². The number of rotatable bonds is 6. The van der Waals surface area contributed by atoms with E-state index >= 15 is 0 Å². The molecular formula is C25H20N4O3. The molecule has 2 aromatic carbocycles. The Bertz CT molecular complexity index is 1360. The lowest BCUT2D eigenvalue weighted by Gasteiger charge is -2.08. The zero-order chi connectivity index (χ0) is 21.9. The van der Waals surface area contributed by atoms with Crippen molar-refractivity contribution < 1.29 is 13.9 Å². The van der Waals surface area contributed by atoms with E-state index in [9.17, 15) is 4.79 Å². The molecule has 0 atom stereocenters. The van der Waals surface area contributed by atoms with Gasteiger partial charge in [0.05, 0.1) is 5.69 Å². The van der Waals surface area contributed by atoms with Gasteiger partial charge < -0.3 is 18.9 Å². The first-order chi connectivity index (χ1) is 15.7. The third-order valence-electron chi connectivity index (χ3n) is 4.92. The van der Waals surface area contributed by atoms with E-state index in [1.807, 2.05) is 77.5 Å². The van der Waals surface area contributed by atoms with E-state index < -0.39 is 0 Å². The molecule has 7 heteroatoms. The first kappa shape index (κ1) is 19.6. The van der Waals surface area contributed by atoms with Crippen LogP contribution in [0.1, 0.15) is 21.9 Å². The van der Waals surface area contributed by atoms with Crippen molar-refractivity contribution in [1.29, 1.82) is 0 Å². The van der Waals surface area contributed by atoms with Gasteiger partial charge in [-0.05, 0) is 43.3 Å². The number of hydrogen-bond acceptors (Lipinski definition) is 5. The van der Waals surface area contributed by atoms with Crippen LogP contribution < -0.4 is 10.1 Å². The zero-order valence-electron chi connectivity index (χ0n) is 17.4. The van der Waals surface area contributed by atoms with Crippen molar-refractivity contribution in [2.75, 3.05) is 5.32 Å². The predicted molar refractivity (Wildman–Crippen MR) is 121 cm³/mol. The highest BCUT2D eigenvalue weighted by molar-refractivity contribution is 6.03. The van der Waals surface area contributed by atoms with E-state index in [2.05, 4.69) is 15.3 Å². The monoisotopic (exact) mass is 424 g/mol. The van der Waals surface area contributed by atoms with E-state index in [-0.39, 0.29) is 11.6 Å². The van der Waals surface area contributed by atoms with Gasteiger partial charge in [-0.15, -0.1) is 0 Å². The highest BCUT2D eigenvalue weighted by Gasteiger charge is 2.18. The number of anilines is 1. The molecule has 0 unspecified atom stereocenters. The number of nitrogens with zero attached hydrogens (tertiary/aromatic N) is 3. The number of fused-ring (bicyclic) bond motifs is 1. The number of ether oxygens (including phenoxy) is 1. The molecule has 32 heavy (non-hydrogen) atoms. The SMILES string of the molecule is Cc1oc(-c2ccccc2)nc1C(=O)Nc1cccc(OCc2cn3ccccc3n2)c1. The lowest BCUT2D eigenvalue weighted by atomic mass is 10.2. The molecule has 5 aromatic rings. The molecule has 0 aliphatic rings. The largest absolute Gasteiger partial charge is 0.487 e. The number of carbonyl (C=O) groups excluding carboxylic acids is 1. The van der Waals surface area contributed by atoms with Crippen LogP contribution in [0.25, 0.3) is 17.1 Å². The van der Waals surface area contributed by atoms with Gasteiger partial charge in [-0.3, -0.25) is 4.79 Å². The highest BCUT2D eigenvalue weighted by atomic mass is 16.5. The maximum atomic E-state index is 12.8. The number of oxazole rings is 1. The fraction of sp³-hybridized carbons (Fsp3) is 0.0800. The van der Waals surface area contributed by atoms with Crippen LogP contribution >= 0.6 is 0 Å². The average molecular weight is 424 g/mol. The number of carbonyl (C=O) groups is 1. The molecule has 3 heterocycles. The molecule has 0 fully saturated rings. The predicted octanol–water partition coefficient (Wildman–Crippen LogP) is 5.13. The second-order valence-electron chi connectivity index (χ2n) is 7.26. The third kappa shape index (κ3) is 4.09. The van der Waals surface area contributed by atoms with E-state index in [1.165, 1.54) is 0 Å². The van der Waals surface area contributed by atoms with Gasteiger partial charge >= 0.3 is 0 Å². The molecule has 3 aromatic heterocycles. The van der Waals surface area contributed by atoms with Gasteiger partial charge in [0, 0.05) is 29.7 Å². The lowest BCUT2D eigenvalue weighted by Crippen LogP contribution is -2.13. The maximum absolute atomic E-state index is 12.8. The number of nitrogens with one attached hydrogen (secondary N) is 1. The van der Waals surface area contributed by atoms with Crippen molar-refractivity contribution in [3.8, 4) is 17.2 Å². The Morgan fingerprint density at radius 3 is 2.72 bits per heavy atom. The van der Waals surface area contributed by atoms with Crippen LogP contribution in [0.2, 0.25) is 0 Å². The van der Waals surface area contributed by atoms with Crippen molar-refractivity contribution in [3.63, 3.8) is 0 Å². The summed E-state index contributed by atoms with van der Waals surface area (Å²) in [7, 11) is 0. The van der Waals surface area contributed by atoms with Crippen LogP contribution in [0, 0.1) is 6.92 Å². The smallest absolute Gasteiger partial charge is 0.277 e. The minimum Gasteiger partial charge on any atom is -0.487 e. The van der Waals surface area contributed by atoms with Crippen LogP contribution in [0.3, 0.4) is 0 Å². The van der Waals surface area contributed by atoms with Crippen LogP contribution in [-0.2, 0) is 6.61 Å². The fourth-order valence-corrected chi connectivity index (χ4v) is 3.38. The number of amides is 1. The van der Waals surface area contributed by atoms with Crippen molar-refractivity contribution in [3.05, 3.63) is 102 Å². The second-order valence-corrected chi connectivity index (χ2v) is 7.26. The summed E-state index contributed by atoms with van der Waals surface area (Å²) < 4.78 is 13.5. The second kappa shape index (κ2) is 8.39. The van der Waals surface area contributed by atoms with Crippen LogP contribution in [0.5, 0.6) is 5.75 Å². The van der Waals surface area contributed by atoms with Gasteiger partial charge in [0.1, 0.15) is 23.8 Å². The normalized spacial score (nSPS) is 10.9. The van der Waals surface area contributed by atoms with Gasteiger partial charge in [-0.2, -0.15) is 0 Å². The van der Waals surface area contributed by atoms with Crippen molar-refractivity contribution in [2.24, 2.45) is 0 Å². The summed E-state index contributed by atoms with van der Waals surface area (Å²) in [5, 5.41) is 2.86. The summed E-state index contributed by atoms with van der Waals surface area (Å²) in [6, 6.07) is 22.5. The molecule has 0 bridgehead atoms. The number of hydrogen-bond donors (Lipinski definition) is 1. The Labute approximate surface area is 184 Å². The van der Waals surface area contributed by atoms with Crippen molar-refractivity contribution in [2.45, 2.75) is 13.5 Å². The molecule has 0 aliphatic carbocycles. The molecule has 7 nitrogen and oxygen atoms in total. The Morgan fingerprint density at radius 2 is 1.88 bits per heavy atom. The number of pyridine rings is 1. The number of aryl methyl sites for hydroxylation is 1. The minimum atomic E-state index is -0.342. The molecule has 1 amide bonds. The Hall–Kier alpha value is -4.39. The highest BCUT2D eigenvalue weighted by Crippen LogP contribution is 2.23. The van der Waals surface area contributed by atoms with Crippen molar-refractivity contribution in [1.82, 2.24) is 14.4 Å². The molecule has 0 radical (unpaired) electrons. The van der Waals surface area contributed by atoms with Crippen LogP contribution in [0.4, 0.5) is 5.69 Å². The van der Waals surface area contributed by atoms with Crippen molar-refractivity contribution >= 4 is 17.2 Å². The van der Waals surface area contributed by atoms with Crippen LogP contribution in [0.15, 0.2) is 89.6 Å². The van der Waals surface area contributed by atoms with Gasteiger partial charge in [0.15, 0.2) is 5.69 Å². The molecule has 0 saturated heterocycles. The Morgan fingerprint density at radius 1 is 1.03 bits per heavy atom. The minimum absolute atomic E-state index is 0.250. The summed E-state index contributed by atoms with van der Waals surface area (Å²) in [4.78, 5) is 21.7. The fourth-order valence-electron chi connectivity index (χ4n) is 3.38. The first-order valence-electron chi connectivity index (χ1n) is 10.2. The summed E-state index contributed by atoms with van der Waals surface area (Å²) >= 11 is 0. The third-order valence-corrected chi connectivity index (χ3v) is 4.92. The quantitative estimate of drug-likeness (QED) is 0.409. The maximum Gasteiger partial charge on any atom is 0.277 e. The Kier molecular flexibility index (Phi) is 5.13. The van der Waals surface area contributed by atoms with E-state index in [1.54, 1.807) is 19.1 Å². The molecular weight excluding hydrogens is 404 g/mol. The average Bonchev–Trinajstić information content (AvgIpc) is 3.42. The van der Waals surface area contributed by atoms with Gasteiger partial charge in [0.2, 0.25) is 5.89 Å². The lowest BCUT2D eigenvalue weighted by molar-refractivity contribution is 0.102. The molecule has 0 saturated carbocycles. The topological polar surface area (TPSA) is 81.7 Å². The Balaban J connectivity index is 1.27. The summed E-state index contributed by atoms with van der Waals surface area (Å²) in [6.07, 6.45) is 3.87. The van der Waals surface area contributed by atoms with E-state index in [4.69, 9.17) is 9.15 Å². The van der Waals surface area contributed by atoms with Crippen LogP contribution in [-0.4, -0.2) is 20.3 Å². The zero-order valence-corrected chi connectivity index (χ0v) is 17.4. The molecule has 158 valence electrons. The summed E-state index contributed by atoms with van der Waals surface area (Å²) in [5.41, 5.74) is 3.35. The number of benzene rings is 2. The van der Waals surface area contributed by atoms with Gasteiger partial charge in [0.25, 0.3) is 5.91 Å². The standard InChI is InChI=1S/C25H20N4O3/c1-17-23(28-25(32-17)18-8-3-2-4-9-18)24(30)27-19-10-7-11-21(14-19)31-16-20-15-29-13-6-5-12-22(29)26-20/h2-15H,16H2,1H3,(H,27,30). The molecule has 0 spiro atoms. The van der Waals surface area contributed by atoms with Gasteiger partial charge in [-0.25, -0.2) is 9.97 Å². The molecule has 0 aliphatic heterocycles. The van der Waals surface area contributed by atoms with E-state index in [0.29, 0.717) is 29.7 Å². The molecule has 5 rings (SSSR count). The number of aromatic nitrogens is 3.